The van der Waals surface area contributed by atoms with Gasteiger partial charge in [-0.25, -0.2) is 4.68 Å². The molecular formula is C18H22BrN3O2. The second-order valence-corrected chi connectivity index (χ2v) is 7.94. The molecule has 5 nitrogen and oxygen atoms in total. The molecular weight excluding hydrogens is 370 g/mol. The minimum absolute atomic E-state index is 0.187. The average molecular weight is 392 g/mol. The summed E-state index contributed by atoms with van der Waals surface area (Å²) < 4.78 is 8.42. The quantitative estimate of drug-likeness (QED) is 0.797. The summed E-state index contributed by atoms with van der Waals surface area (Å²) in [4.78, 5) is 12.2. The molecule has 2 aromatic rings. The number of aryl methyl sites for hydroxylation is 1. The van der Waals surface area contributed by atoms with Crippen molar-refractivity contribution in [1.29, 1.82) is 0 Å². The van der Waals surface area contributed by atoms with Gasteiger partial charge in [-0.1, -0.05) is 15.9 Å². The molecule has 0 fully saturated rings. The van der Waals surface area contributed by atoms with Crippen LogP contribution in [0.4, 0.5) is 0 Å². The van der Waals surface area contributed by atoms with Gasteiger partial charge in [0.05, 0.1) is 11.4 Å². The van der Waals surface area contributed by atoms with Crippen LogP contribution < -0.4 is 5.32 Å². The number of ether oxygens (including phenoxy) is 1. The fourth-order valence-corrected chi connectivity index (χ4v) is 2.99. The number of benzene rings is 1. The third-order valence-corrected chi connectivity index (χ3v) is 4.41. The number of rotatable bonds is 2. The first-order valence-corrected chi connectivity index (χ1v) is 8.91. The molecule has 6 heteroatoms. The largest absolute Gasteiger partial charge is 0.459 e. The van der Waals surface area contributed by atoms with E-state index in [-0.39, 0.29) is 12.0 Å². The summed E-state index contributed by atoms with van der Waals surface area (Å²) in [6.07, 6.45) is 3.58. The van der Waals surface area contributed by atoms with Gasteiger partial charge >= 0.3 is 5.97 Å². The van der Waals surface area contributed by atoms with Crippen molar-refractivity contribution in [2.75, 3.05) is 0 Å². The minimum Gasteiger partial charge on any atom is -0.459 e. The monoisotopic (exact) mass is 391 g/mol. The summed E-state index contributed by atoms with van der Waals surface area (Å²) in [5, 5.41) is 7.94. The van der Waals surface area contributed by atoms with E-state index in [1.807, 2.05) is 49.7 Å². The van der Waals surface area contributed by atoms with E-state index in [1.165, 1.54) is 5.56 Å². The Balaban J connectivity index is 1.71. The van der Waals surface area contributed by atoms with E-state index in [1.54, 1.807) is 0 Å². The molecule has 0 saturated heterocycles. The van der Waals surface area contributed by atoms with Gasteiger partial charge in [0.2, 0.25) is 0 Å². The van der Waals surface area contributed by atoms with Gasteiger partial charge in [0.1, 0.15) is 11.6 Å². The molecule has 128 valence electrons. The van der Waals surface area contributed by atoms with Crippen LogP contribution in [0.25, 0.3) is 5.69 Å². The molecule has 1 N–H and O–H groups in total. The molecule has 0 amide bonds. The number of fused-ring (bicyclic) bond motifs is 1. The third kappa shape index (κ3) is 4.05. The van der Waals surface area contributed by atoms with E-state index in [9.17, 15) is 4.79 Å². The highest BCUT2D eigenvalue weighted by molar-refractivity contribution is 9.10. The van der Waals surface area contributed by atoms with E-state index in [2.05, 4.69) is 32.5 Å². The standard InChI is InChI=1S/C18H22BrN3O2/c1-18(2,3)24-17(23)15-9-4-12-11-22(21-16(12)10-20-15)14-7-5-13(19)6-8-14/h5-8,11,15,20H,4,9-10H2,1-3H3. The maximum Gasteiger partial charge on any atom is 0.323 e. The van der Waals surface area contributed by atoms with Crippen molar-refractivity contribution >= 4 is 21.9 Å². The van der Waals surface area contributed by atoms with E-state index in [0.717, 1.165) is 22.3 Å². The van der Waals surface area contributed by atoms with Crippen LogP contribution >= 0.6 is 15.9 Å². The Kier molecular flexibility index (Phi) is 4.78. The second kappa shape index (κ2) is 6.69. The van der Waals surface area contributed by atoms with Crippen molar-refractivity contribution < 1.29 is 9.53 Å². The molecule has 1 aromatic heterocycles. The maximum absolute atomic E-state index is 12.2. The van der Waals surface area contributed by atoms with Gasteiger partial charge in [-0.15, -0.1) is 0 Å². The van der Waals surface area contributed by atoms with E-state index >= 15 is 0 Å². The van der Waals surface area contributed by atoms with Crippen molar-refractivity contribution in [3.05, 3.63) is 46.2 Å². The normalized spacial score (nSPS) is 17.9. The zero-order chi connectivity index (χ0) is 17.3. The Labute approximate surface area is 150 Å². The van der Waals surface area contributed by atoms with Crippen LogP contribution in [0.2, 0.25) is 0 Å². The van der Waals surface area contributed by atoms with Gasteiger partial charge in [0.25, 0.3) is 0 Å². The second-order valence-electron chi connectivity index (χ2n) is 7.03. The number of nitrogens with one attached hydrogen (secondary N) is 1. The third-order valence-electron chi connectivity index (χ3n) is 3.88. The topological polar surface area (TPSA) is 56.2 Å². The molecule has 0 saturated carbocycles. The van der Waals surface area contributed by atoms with Crippen LogP contribution in [-0.4, -0.2) is 27.4 Å². The number of carbonyl (C=O) groups excluding carboxylic acids is 1. The zero-order valence-electron chi connectivity index (χ0n) is 14.2. The molecule has 0 bridgehead atoms. The minimum atomic E-state index is -0.462. The number of halogens is 1. The molecule has 0 radical (unpaired) electrons. The predicted molar refractivity (Wildman–Crippen MR) is 96.1 cm³/mol. The summed E-state index contributed by atoms with van der Waals surface area (Å²) in [6, 6.07) is 7.76. The van der Waals surface area contributed by atoms with E-state index in [0.29, 0.717) is 13.0 Å². The summed E-state index contributed by atoms with van der Waals surface area (Å²) in [6.45, 7) is 6.24. The average Bonchev–Trinajstić information content (AvgIpc) is 2.79. The smallest absolute Gasteiger partial charge is 0.323 e. The molecule has 1 aromatic carbocycles. The van der Waals surface area contributed by atoms with Crippen LogP contribution in [0.5, 0.6) is 0 Å². The predicted octanol–water partition coefficient (Wildman–Crippen LogP) is 3.38. The lowest BCUT2D eigenvalue weighted by Gasteiger charge is -2.23. The lowest BCUT2D eigenvalue weighted by Crippen LogP contribution is -2.40. The van der Waals surface area contributed by atoms with Crippen molar-refractivity contribution in [1.82, 2.24) is 15.1 Å². The lowest BCUT2D eigenvalue weighted by atomic mass is 10.1. The molecule has 24 heavy (non-hydrogen) atoms. The number of nitrogens with zero attached hydrogens (tertiary/aromatic N) is 2. The van der Waals surface area contributed by atoms with Crippen molar-refractivity contribution in [2.45, 2.75) is 51.8 Å². The van der Waals surface area contributed by atoms with Crippen molar-refractivity contribution in [3.63, 3.8) is 0 Å². The first kappa shape index (κ1) is 17.2. The molecule has 3 rings (SSSR count). The van der Waals surface area contributed by atoms with Crippen LogP contribution in [0.1, 0.15) is 38.4 Å². The van der Waals surface area contributed by atoms with Crippen molar-refractivity contribution in [2.24, 2.45) is 0 Å². The Morgan fingerprint density at radius 1 is 1.33 bits per heavy atom. The van der Waals surface area contributed by atoms with Gasteiger partial charge in [-0.3, -0.25) is 10.1 Å². The molecule has 0 aliphatic carbocycles. The number of esters is 1. The van der Waals surface area contributed by atoms with Gasteiger partial charge in [0, 0.05) is 17.2 Å². The van der Waals surface area contributed by atoms with Crippen LogP contribution in [0.3, 0.4) is 0 Å². The Morgan fingerprint density at radius 3 is 2.71 bits per heavy atom. The highest BCUT2D eigenvalue weighted by Crippen LogP contribution is 2.20. The number of carbonyl (C=O) groups is 1. The summed E-state index contributed by atoms with van der Waals surface area (Å²) in [5.41, 5.74) is 2.73. The Bertz CT molecular complexity index is 706. The summed E-state index contributed by atoms with van der Waals surface area (Å²) in [7, 11) is 0. The molecule has 1 aliphatic heterocycles. The first-order chi connectivity index (χ1) is 11.3. The fourth-order valence-electron chi connectivity index (χ4n) is 2.72. The van der Waals surface area contributed by atoms with Gasteiger partial charge in [-0.2, -0.15) is 5.10 Å². The summed E-state index contributed by atoms with van der Waals surface area (Å²) >= 11 is 3.44. The molecule has 1 aliphatic rings. The van der Waals surface area contributed by atoms with Gasteiger partial charge < -0.3 is 4.74 Å². The lowest BCUT2D eigenvalue weighted by molar-refractivity contribution is -0.157. The van der Waals surface area contributed by atoms with Crippen LogP contribution in [0.15, 0.2) is 34.9 Å². The molecule has 1 unspecified atom stereocenters. The van der Waals surface area contributed by atoms with Crippen LogP contribution in [0, 0.1) is 0 Å². The number of aromatic nitrogens is 2. The van der Waals surface area contributed by atoms with Crippen LogP contribution in [-0.2, 0) is 22.5 Å². The summed E-state index contributed by atoms with van der Waals surface area (Å²) in [5.74, 6) is -0.187. The Hall–Kier alpha value is -1.66. The Morgan fingerprint density at radius 2 is 2.04 bits per heavy atom. The fraction of sp³-hybridized carbons (Fsp3) is 0.444. The maximum atomic E-state index is 12.2. The SMILES string of the molecule is CC(C)(C)OC(=O)C1CCc2cn(-c3ccc(Br)cc3)nc2CN1. The highest BCUT2D eigenvalue weighted by atomic mass is 79.9. The molecule has 2 heterocycles. The van der Waals surface area contributed by atoms with Crippen molar-refractivity contribution in [3.8, 4) is 5.69 Å². The number of hydrogen-bond acceptors (Lipinski definition) is 4. The zero-order valence-corrected chi connectivity index (χ0v) is 15.8. The van der Waals surface area contributed by atoms with Gasteiger partial charge in [0.15, 0.2) is 0 Å². The highest BCUT2D eigenvalue weighted by Gasteiger charge is 2.28. The molecule has 1 atom stereocenters. The molecule has 0 spiro atoms. The van der Waals surface area contributed by atoms with Gasteiger partial charge in [-0.05, 0) is 63.4 Å². The van der Waals surface area contributed by atoms with E-state index in [4.69, 9.17) is 4.74 Å². The van der Waals surface area contributed by atoms with E-state index < -0.39 is 5.60 Å². The first-order valence-electron chi connectivity index (χ1n) is 8.11. The number of hydrogen-bond donors (Lipinski definition) is 1.